The Labute approximate surface area is 213 Å². The Balaban J connectivity index is 1.13. The first-order valence-corrected chi connectivity index (χ1v) is 12.9. The number of rotatable bonds is 8. The van der Waals surface area contributed by atoms with Gasteiger partial charge < -0.3 is 24.2 Å². The van der Waals surface area contributed by atoms with Crippen molar-refractivity contribution in [3.8, 4) is 5.75 Å². The van der Waals surface area contributed by atoms with Crippen molar-refractivity contribution in [3.05, 3.63) is 83.7 Å². The van der Waals surface area contributed by atoms with Crippen molar-refractivity contribution in [1.29, 1.82) is 0 Å². The van der Waals surface area contributed by atoms with Gasteiger partial charge in [-0.25, -0.2) is 0 Å². The third-order valence-electron chi connectivity index (χ3n) is 7.39. The number of hydrogen-bond acceptors (Lipinski definition) is 5. The number of carbonyl (C=O) groups excluding carboxylic acids is 1. The van der Waals surface area contributed by atoms with Crippen LogP contribution in [0.4, 0.5) is 5.69 Å². The molecule has 2 aliphatic heterocycles. The highest BCUT2D eigenvalue weighted by atomic mass is 16.5. The molecule has 36 heavy (non-hydrogen) atoms. The second-order valence-electron chi connectivity index (χ2n) is 9.79. The van der Waals surface area contributed by atoms with Gasteiger partial charge in [-0.15, -0.1) is 0 Å². The molecule has 0 radical (unpaired) electrons. The van der Waals surface area contributed by atoms with Gasteiger partial charge in [-0.2, -0.15) is 0 Å². The highest BCUT2D eigenvalue weighted by Gasteiger charge is 2.31. The first kappa shape index (κ1) is 24.4. The molecule has 190 valence electrons. The van der Waals surface area contributed by atoms with Crippen LogP contribution in [0.1, 0.15) is 40.6 Å². The third kappa shape index (κ3) is 5.58. The third-order valence-corrected chi connectivity index (χ3v) is 7.39. The molecule has 1 saturated heterocycles. The van der Waals surface area contributed by atoms with Crippen LogP contribution in [0.3, 0.4) is 0 Å². The minimum Gasteiger partial charge on any atom is -0.508 e. The van der Waals surface area contributed by atoms with E-state index in [0.717, 1.165) is 74.6 Å². The molecule has 7 heteroatoms. The van der Waals surface area contributed by atoms with E-state index in [1.165, 1.54) is 0 Å². The van der Waals surface area contributed by atoms with Gasteiger partial charge in [0.05, 0.1) is 17.9 Å². The van der Waals surface area contributed by atoms with Crippen molar-refractivity contribution in [2.45, 2.75) is 25.6 Å². The second kappa shape index (κ2) is 11.2. The molecule has 0 spiro atoms. The van der Waals surface area contributed by atoms with Crippen molar-refractivity contribution < 1.29 is 14.6 Å². The Kier molecular flexibility index (Phi) is 7.58. The van der Waals surface area contributed by atoms with Crippen LogP contribution >= 0.6 is 0 Å². The van der Waals surface area contributed by atoms with Crippen LogP contribution in [0, 0.1) is 0 Å². The molecular weight excluding hydrogens is 452 g/mol. The summed E-state index contributed by atoms with van der Waals surface area (Å²) in [6.07, 6.45) is 3.64. The molecule has 1 fully saturated rings. The first-order chi connectivity index (χ1) is 17.6. The van der Waals surface area contributed by atoms with E-state index in [2.05, 4.69) is 21.9 Å². The number of benzene rings is 2. The molecule has 0 saturated carbocycles. The lowest BCUT2D eigenvalue weighted by molar-refractivity contribution is 0.0261. The minimum absolute atomic E-state index is 0.0952. The Bertz CT molecular complexity index is 1140. The second-order valence-corrected chi connectivity index (χ2v) is 9.79. The summed E-state index contributed by atoms with van der Waals surface area (Å²) in [7, 11) is 2.00. The van der Waals surface area contributed by atoms with E-state index in [1.807, 2.05) is 59.1 Å². The van der Waals surface area contributed by atoms with Crippen LogP contribution in [-0.2, 0) is 18.4 Å². The highest BCUT2D eigenvalue weighted by Crippen LogP contribution is 2.31. The van der Waals surface area contributed by atoms with Crippen LogP contribution in [-0.4, -0.2) is 71.2 Å². The number of fused-ring (bicyclic) bond motifs is 1. The smallest absolute Gasteiger partial charge is 0.255 e. The van der Waals surface area contributed by atoms with E-state index in [1.54, 1.807) is 12.1 Å². The fourth-order valence-electron chi connectivity index (χ4n) is 5.33. The van der Waals surface area contributed by atoms with E-state index in [0.29, 0.717) is 18.9 Å². The van der Waals surface area contributed by atoms with Gasteiger partial charge in [-0.3, -0.25) is 9.69 Å². The average molecular weight is 489 g/mol. The van der Waals surface area contributed by atoms with Crippen molar-refractivity contribution >= 4 is 11.6 Å². The first-order valence-electron chi connectivity index (χ1n) is 12.9. The van der Waals surface area contributed by atoms with Crippen molar-refractivity contribution in [2.75, 3.05) is 50.7 Å². The van der Waals surface area contributed by atoms with Gasteiger partial charge in [-0.1, -0.05) is 30.3 Å². The Morgan fingerprint density at radius 2 is 1.67 bits per heavy atom. The predicted octanol–water partition coefficient (Wildman–Crippen LogP) is 4.05. The maximum Gasteiger partial charge on any atom is 0.255 e. The van der Waals surface area contributed by atoms with Crippen LogP contribution in [0.2, 0.25) is 0 Å². The van der Waals surface area contributed by atoms with Crippen LogP contribution < -0.4 is 4.90 Å². The molecule has 2 aliphatic rings. The summed E-state index contributed by atoms with van der Waals surface area (Å²) < 4.78 is 8.38. The Morgan fingerprint density at radius 3 is 2.42 bits per heavy atom. The fraction of sp³-hybridized carbons (Fsp3) is 0.414. The molecule has 0 aliphatic carbocycles. The lowest BCUT2D eigenvalue weighted by Crippen LogP contribution is -2.47. The lowest BCUT2D eigenvalue weighted by atomic mass is 10.1. The van der Waals surface area contributed by atoms with Gasteiger partial charge in [0.15, 0.2) is 0 Å². The normalized spacial score (nSPS) is 18.8. The number of anilines is 1. The zero-order valence-electron chi connectivity index (χ0n) is 21.1. The standard InChI is InChI=1S/C29H36N4O3/c1-30-16-12-26-28(30)27(36-22-23-6-3-2-4-7-23)13-17-33(29(26)35)15-5-14-31-18-20-32(21-19-31)24-8-10-25(34)11-9-24/h2-4,6-12,16,27,34H,5,13-15,17-22H2,1H3. The van der Waals surface area contributed by atoms with E-state index >= 15 is 0 Å². The van der Waals surface area contributed by atoms with Crippen molar-refractivity contribution in [1.82, 2.24) is 14.4 Å². The van der Waals surface area contributed by atoms with Gasteiger partial charge >= 0.3 is 0 Å². The number of hydrogen-bond donors (Lipinski definition) is 1. The molecule has 1 aromatic heterocycles. The monoisotopic (exact) mass is 488 g/mol. The summed E-state index contributed by atoms with van der Waals surface area (Å²) in [6.45, 7) is 6.96. The number of phenols is 1. The van der Waals surface area contributed by atoms with Gasteiger partial charge in [0.2, 0.25) is 0 Å². The molecule has 1 unspecified atom stereocenters. The average Bonchev–Trinajstić information content (AvgIpc) is 3.23. The highest BCUT2D eigenvalue weighted by molar-refractivity contribution is 5.96. The van der Waals surface area contributed by atoms with Crippen LogP contribution in [0.25, 0.3) is 0 Å². The zero-order valence-corrected chi connectivity index (χ0v) is 21.1. The Morgan fingerprint density at radius 1 is 0.917 bits per heavy atom. The van der Waals surface area contributed by atoms with Crippen molar-refractivity contribution in [3.63, 3.8) is 0 Å². The SMILES string of the molecule is Cn1ccc2c1C(OCc1ccccc1)CCN(CCCN1CCN(c3ccc(O)cc3)CC1)C2=O. The number of phenolic OH excluding ortho intramolecular Hbond substituents is 1. The quantitative estimate of drug-likeness (QED) is 0.519. The molecule has 7 nitrogen and oxygen atoms in total. The largest absolute Gasteiger partial charge is 0.508 e. The molecule has 0 bridgehead atoms. The summed E-state index contributed by atoms with van der Waals surface area (Å²) in [4.78, 5) is 20.3. The molecule has 2 aromatic carbocycles. The molecule has 1 amide bonds. The van der Waals surface area contributed by atoms with Gasteiger partial charge in [0.1, 0.15) is 11.9 Å². The number of carbonyl (C=O) groups is 1. The van der Waals surface area contributed by atoms with Crippen LogP contribution in [0.5, 0.6) is 5.75 Å². The van der Waals surface area contributed by atoms with Gasteiger partial charge in [0, 0.05) is 58.2 Å². The van der Waals surface area contributed by atoms with E-state index in [4.69, 9.17) is 4.74 Å². The minimum atomic E-state index is -0.0952. The molecular formula is C29H36N4O3. The Hall–Kier alpha value is -3.29. The molecule has 3 aromatic rings. The van der Waals surface area contributed by atoms with Gasteiger partial charge in [0.25, 0.3) is 5.91 Å². The lowest BCUT2D eigenvalue weighted by Gasteiger charge is -2.36. The van der Waals surface area contributed by atoms with Crippen molar-refractivity contribution in [2.24, 2.45) is 7.05 Å². The topological polar surface area (TPSA) is 61.2 Å². The number of aromatic hydroxyl groups is 1. The summed E-state index contributed by atoms with van der Waals surface area (Å²) in [5.41, 5.74) is 4.07. The summed E-state index contributed by atoms with van der Waals surface area (Å²) in [5.74, 6) is 0.422. The fourth-order valence-corrected chi connectivity index (χ4v) is 5.33. The molecule has 3 heterocycles. The van der Waals surface area contributed by atoms with Gasteiger partial charge in [-0.05, 0) is 55.3 Å². The number of aromatic nitrogens is 1. The number of ether oxygens (including phenoxy) is 1. The number of nitrogens with zero attached hydrogens (tertiary/aromatic N) is 4. The molecule has 5 rings (SSSR count). The van der Waals surface area contributed by atoms with E-state index in [-0.39, 0.29) is 12.0 Å². The molecule has 1 atom stereocenters. The number of amides is 1. The molecule has 1 N–H and O–H groups in total. The summed E-state index contributed by atoms with van der Waals surface area (Å²) in [5, 5.41) is 9.52. The van der Waals surface area contributed by atoms with Crippen LogP contribution in [0.15, 0.2) is 66.9 Å². The zero-order chi connectivity index (χ0) is 24.9. The summed E-state index contributed by atoms with van der Waals surface area (Å²) in [6, 6.07) is 19.6. The number of aryl methyl sites for hydroxylation is 1. The number of piperazine rings is 1. The maximum atomic E-state index is 13.4. The van der Waals surface area contributed by atoms with E-state index < -0.39 is 0 Å². The van der Waals surface area contributed by atoms with E-state index in [9.17, 15) is 9.90 Å². The summed E-state index contributed by atoms with van der Waals surface area (Å²) >= 11 is 0. The maximum absolute atomic E-state index is 13.4. The predicted molar refractivity (Wildman–Crippen MR) is 141 cm³/mol.